The Kier molecular flexibility index (Phi) is 64.9. The van der Waals surface area contributed by atoms with E-state index in [0.717, 1.165) is 44.9 Å². The summed E-state index contributed by atoms with van der Waals surface area (Å²) in [5.41, 5.74) is 0. The number of aliphatic hydroxyl groups excluding tert-OH is 2. The van der Waals surface area contributed by atoms with E-state index in [0.29, 0.717) is 19.4 Å². The third-order valence-electron chi connectivity index (χ3n) is 16.1. The van der Waals surface area contributed by atoms with E-state index in [1.165, 1.54) is 308 Å². The van der Waals surface area contributed by atoms with Crippen molar-refractivity contribution in [3.05, 3.63) is 36.5 Å². The van der Waals surface area contributed by atoms with Crippen molar-refractivity contribution in [2.24, 2.45) is 0 Å². The molecule has 0 saturated carbocycles. The molecule has 2 unspecified atom stereocenters. The standard InChI is InChI=1S/C71H135NO5/c1-3-5-7-9-11-13-15-17-37-41-45-49-53-57-61-65-71(76)77-66-62-58-54-50-46-42-39-36-34-32-30-28-26-24-22-20-18-19-21-23-25-27-29-31-33-35-38-40-44-48-52-56-60-64-70(75)72-68(67-73)69(74)63-59-55-51-47-43-16-14-12-10-8-6-4-2/h17,22,24,37,59,63,68-69,73-74H,3-16,18-21,23,25-36,38-58,60-62,64-67H2,1-2H3,(H,72,75)/b24-22-,37-17-,63-59+. The Bertz CT molecular complexity index is 1250. The van der Waals surface area contributed by atoms with E-state index in [9.17, 15) is 19.8 Å². The van der Waals surface area contributed by atoms with Gasteiger partial charge in [-0.2, -0.15) is 0 Å². The molecule has 0 aromatic heterocycles. The van der Waals surface area contributed by atoms with Crippen molar-refractivity contribution in [1.29, 1.82) is 0 Å². The number of rotatable bonds is 65. The zero-order valence-corrected chi connectivity index (χ0v) is 52.0. The van der Waals surface area contributed by atoms with E-state index in [2.05, 4.69) is 43.5 Å². The van der Waals surface area contributed by atoms with Crippen molar-refractivity contribution >= 4 is 11.9 Å². The van der Waals surface area contributed by atoms with Gasteiger partial charge in [-0.25, -0.2) is 0 Å². The lowest BCUT2D eigenvalue weighted by Crippen LogP contribution is -2.45. The van der Waals surface area contributed by atoms with Gasteiger partial charge in [-0.1, -0.05) is 320 Å². The number of aliphatic hydroxyl groups is 2. The summed E-state index contributed by atoms with van der Waals surface area (Å²) in [7, 11) is 0. The monoisotopic (exact) mass is 1080 g/mol. The van der Waals surface area contributed by atoms with E-state index < -0.39 is 12.1 Å². The molecule has 0 saturated heterocycles. The molecule has 77 heavy (non-hydrogen) atoms. The predicted molar refractivity (Wildman–Crippen MR) is 338 cm³/mol. The molecule has 0 rings (SSSR count). The first-order valence-electron chi connectivity index (χ1n) is 34.8. The minimum absolute atomic E-state index is 0.0107. The fraction of sp³-hybridized carbons (Fsp3) is 0.887. The van der Waals surface area contributed by atoms with Gasteiger partial charge in [-0.05, 0) is 83.5 Å². The van der Waals surface area contributed by atoms with Gasteiger partial charge < -0.3 is 20.3 Å². The van der Waals surface area contributed by atoms with Crippen molar-refractivity contribution < 1.29 is 24.5 Å². The quantitative estimate of drug-likeness (QED) is 0.0320. The maximum absolute atomic E-state index is 12.5. The number of allylic oxidation sites excluding steroid dienone is 5. The molecule has 0 aliphatic heterocycles. The molecule has 0 aliphatic carbocycles. The first-order chi connectivity index (χ1) is 38.0. The van der Waals surface area contributed by atoms with Crippen LogP contribution in [0.1, 0.15) is 380 Å². The molecule has 0 heterocycles. The van der Waals surface area contributed by atoms with Gasteiger partial charge in [0.1, 0.15) is 0 Å². The SMILES string of the molecule is CCCCCCCC/C=C\CCCCCCCC(=O)OCCCCCCCCCCCCCC/C=C\CCCCCCCCCCCCCCCCCCCC(=O)NC(CO)C(O)/C=C/CCCCCCCCCCCC. The van der Waals surface area contributed by atoms with Gasteiger partial charge in [0, 0.05) is 12.8 Å². The minimum atomic E-state index is -0.841. The Balaban J connectivity index is 3.35. The molecule has 0 bridgehead atoms. The Morgan fingerprint density at radius 3 is 0.922 bits per heavy atom. The number of amides is 1. The highest BCUT2D eigenvalue weighted by Crippen LogP contribution is 2.18. The first kappa shape index (κ1) is 75.1. The topological polar surface area (TPSA) is 95.9 Å². The average molecular weight is 1080 g/mol. The first-order valence-corrected chi connectivity index (χ1v) is 34.8. The second kappa shape index (κ2) is 66.6. The predicted octanol–water partition coefficient (Wildman–Crippen LogP) is 22.3. The van der Waals surface area contributed by atoms with Crippen LogP contribution in [-0.2, 0) is 14.3 Å². The summed E-state index contributed by atoms with van der Waals surface area (Å²) >= 11 is 0. The molecule has 0 aromatic rings. The third kappa shape index (κ3) is 63.1. The summed E-state index contributed by atoms with van der Waals surface area (Å²) in [6.45, 7) is 4.91. The van der Waals surface area contributed by atoms with Crippen molar-refractivity contribution in [2.45, 2.75) is 392 Å². The van der Waals surface area contributed by atoms with E-state index in [-0.39, 0.29) is 18.5 Å². The van der Waals surface area contributed by atoms with Gasteiger partial charge >= 0.3 is 5.97 Å². The Labute approximate surface area is 481 Å². The largest absolute Gasteiger partial charge is 0.466 e. The molecule has 0 radical (unpaired) electrons. The molecule has 0 fully saturated rings. The van der Waals surface area contributed by atoms with Gasteiger partial charge in [0.05, 0.1) is 25.4 Å². The second-order valence-corrected chi connectivity index (χ2v) is 23.9. The fourth-order valence-corrected chi connectivity index (χ4v) is 10.8. The molecule has 6 nitrogen and oxygen atoms in total. The summed E-state index contributed by atoms with van der Waals surface area (Å²) in [5, 5.41) is 23.1. The summed E-state index contributed by atoms with van der Waals surface area (Å²) < 4.78 is 5.49. The van der Waals surface area contributed by atoms with Crippen LogP contribution in [0.15, 0.2) is 36.5 Å². The molecule has 0 aliphatic rings. The van der Waals surface area contributed by atoms with Crippen molar-refractivity contribution in [2.75, 3.05) is 13.2 Å². The Morgan fingerprint density at radius 2 is 0.610 bits per heavy atom. The number of nitrogens with one attached hydrogen (secondary N) is 1. The van der Waals surface area contributed by atoms with Crippen molar-refractivity contribution in [3.8, 4) is 0 Å². The molecule has 3 N–H and O–H groups in total. The summed E-state index contributed by atoms with van der Waals surface area (Å²) in [6, 6.07) is -0.624. The second-order valence-electron chi connectivity index (χ2n) is 23.9. The number of carbonyl (C=O) groups is 2. The van der Waals surface area contributed by atoms with Crippen LogP contribution in [-0.4, -0.2) is 47.4 Å². The molecule has 2 atom stereocenters. The molecule has 454 valence electrons. The smallest absolute Gasteiger partial charge is 0.305 e. The number of carbonyl (C=O) groups excluding carboxylic acids is 2. The van der Waals surface area contributed by atoms with Crippen LogP contribution in [0.25, 0.3) is 0 Å². The average Bonchev–Trinajstić information content (AvgIpc) is 3.43. The molecule has 1 amide bonds. The molecule has 6 heteroatoms. The fourth-order valence-electron chi connectivity index (χ4n) is 10.8. The normalized spacial score (nSPS) is 12.7. The van der Waals surface area contributed by atoms with Crippen LogP contribution in [0.4, 0.5) is 0 Å². The third-order valence-corrected chi connectivity index (χ3v) is 16.1. The van der Waals surface area contributed by atoms with Gasteiger partial charge in [-0.15, -0.1) is 0 Å². The highest BCUT2D eigenvalue weighted by molar-refractivity contribution is 5.76. The van der Waals surface area contributed by atoms with E-state index in [4.69, 9.17) is 4.74 Å². The van der Waals surface area contributed by atoms with Crippen LogP contribution >= 0.6 is 0 Å². The van der Waals surface area contributed by atoms with Gasteiger partial charge in [0.15, 0.2) is 0 Å². The zero-order chi connectivity index (χ0) is 55.7. The highest BCUT2D eigenvalue weighted by atomic mass is 16.5. The number of hydrogen-bond donors (Lipinski definition) is 3. The highest BCUT2D eigenvalue weighted by Gasteiger charge is 2.18. The molecular weight excluding hydrogens is 947 g/mol. The molecule has 0 aromatic carbocycles. The summed E-state index contributed by atoms with van der Waals surface area (Å²) in [5.74, 6) is -0.0536. The van der Waals surface area contributed by atoms with Crippen LogP contribution in [0.2, 0.25) is 0 Å². The van der Waals surface area contributed by atoms with Crippen LogP contribution in [0.3, 0.4) is 0 Å². The number of ether oxygens (including phenoxy) is 1. The zero-order valence-electron chi connectivity index (χ0n) is 52.0. The van der Waals surface area contributed by atoms with Crippen LogP contribution in [0, 0.1) is 0 Å². The molecule has 0 spiro atoms. The minimum Gasteiger partial charge on any atom is -0.466 e. The van der Waals surface area contributed by atoms with Crippen molar-refractivity contribution in [3.63, 3.8) is 0 Å². The van der Waals surface area contributed by atoms with Gasteiger partial charge in [-0.3, -0.25) is 9.59 Å². The lowest BCUT2D eigenvalue weighted by atomic mass is 10.0. The Morgan fingerprint density at radius 1 is 0.351 bits per heavy atom. The van der Waals surface area contributed by atoms with Crippen molar-refractivity contribution in [1.82, 2.24) is 5.32 Å². The summed E-state index contributed by atoms with van der Waals surface area (Å²) in [6.07, 6.45) is 85.2. The van der Waals surface area contributed by atoms with E-state index in [1.807, 2.05) is 6.08 Å². The van der Waals surface area contributed by atoms with Crippen LogP contribution in [0.5, 0.6) is 0 Å². The number of esters is 1. The lowest BCUT2D eigenvalue weighted by molar-refractivity contribution is -0.143. The molecular formula is C71H135NO5. The van der Waals surface area contributed by atoms with Gasteiger partial charge in [0.2, 0.25) is 5.91 Å². The van der Waals surface area contributed by atoms with E-state index >= 15 is 0 Å². The maximum atomic E-state index is 12.5. The van der Waals surface area contributed by atoms with Gasteiger partial charge in [0.25, 0.3) is 0 Å². The summed E-state index contributed by atoms with van der Waals surface area (Å²) in [4.78, 5) is 24.5. The lowest BCUT2D eigenvalue weighted by Gasteiger charge is -2.20. The van der Waals surface area contributed by atoms with E-state index in [1.54, 1.807) is 6.08 Å². The number of unbranched alkanes of at least 4 members (excludes halogenated alkanes) is 50. The maximum Gasteiger partial charge on any atom is 0.305 e. The number of hydrogen-bond acceptors (Lipinski definition) is 5. The Hall–Kier alpha value is -1.92. The van der Waals surface area contributed by atoms with Crippen LogP contribution < -0.4 is 5.32 Å².